The van der Waals surface area contributed by atoms with Gasteiger partial charge in [-0.25, -0.2) is 8.42 Å². The molecule has 2 aromatic rings. The predicted octanol–water partition coefficient (Wildman–Crippen LogP) is 2.15. The van der Waals surface area contributed by atoms with Gasteiger partial charge >= 0.3 is 0 Å². The molecular formula is C16H14ClN3O4S2. The van der Waals surface area contributed by atoms with Crippen LogP contribution in [0.3, 0.4) is 0 Å². The summed E-state index contributed by atoms with van der Waals surface area (Å²) in [5.41, 5.74) is 2.82. The molecule has 7 nitrogen and oxygen atoms in total. The zero-order valence-corrected chi connectivity index (χ0v) is 15.6. The van der Waals surface area contributed by atoms with E-state index < -0.39 is 21.2 Å². The average molecular weight is 412 g/mol. The van der Waals surface area contributed by atoms with Gasteiger partial charge in [-0.05, 0) is 36.4 Å². The van der Waals surface area contributed by atoms with Crippen molar-refractivity contribution < 1.29 is 18.0 Å². The van der Waals surface area contributed by atoms with Crippen LogP contribution in [0, 0.1) is 0 Å². The lowest BCUT2D eigenvalue weighted by molar-refractivity contribution is -0.124. The highest BCUT2D eigenvalue weighted by molar-refractivity contribution is 8.01. The van der Waals surface area contributed by atoms with Gasteiger partial charge in [0.25, 0.3) is 10.0 Å². The minimum absolute atomic E-state index is 0.0408. The molecule has 0 aromatic heterocycles. The van der Waals surface area contributed by atoms with Crippen molar-refractivity contribution in [3.05, 3.63) is 53.6 Å². The Bertz CT molecular complexity index is 948. The fourth-order valence-electron chi connectivity index (χ4n) is 2.24. The van der Waals surface area contributed by atoms with E-state index in [0.717, 1.165) is 4.90 Å². The Kier molecular flexibility index (Phi) is 5.52. The smallest absolute Gasteiger partial charge is 0.257 e. The van der Waals surface area contributed by atoms with Crippen LogP contribution in [0.15, 0.2) is 58.3 Å². The van der Waals surface area contributed by atoms with Crippen LogP contribution in [0.5, 0.6) is 0 Å². The number of amides is 2. The third-order valence-corrected chi connectivity index (χ3v) is 6.32. The second-order valence-corrected chi connectivity index (χ2v) is 8.77. The molecule has 0 bridgehead atoms. The Balaban J connectivity index is 1.59. The normalized spacial score (nSPS) is 16.5. The maximum atomic E-state index is 12.1. The summed E-state index contributed by atoms with van der Waals surface area (Å²) in [6, 6.07) is 12.7. The van der Waals surface area contributed by atoms with Crippen LogP contribution in [0.2, 0.25) is 5.02 Å². The first-order valence-electron chi connectivity index (χ1n) is 7.48. The number of carbonyl (C=O) groups excluding carboxylic acids is 2. The lowest BCUT2D eigenvalue weighted by Crippen LogP contribution is -2.43. The number of hydrazine groups is 1. The summed E-state index contributed by atoms with van der Waals surface area (Å²) < 4.78 is 24.2. The summed E-state index contributed by atoms with van der Waals surface area (Å²) in [6.07, 6.45) is -0.173. The number of para-hydroxylation sites is 1. The number of carbonyl (C=O) groups is 2. The Hall–Kier alpha value is -2.07. The minimum Gasteiger partial charge on any atom is -0.324 e. The van der Waals surface area contributed by atoms with Crippen molar-refractivity contribution in [2.24, 2.45) is 0 Å². The topological polar surface area (TPSA) is 104 Å². The fraction of sp³-hybridized carbons (Fsp3) is 0.125. The van der Waals surface area contributed by atoms with Crippen LogP contribution in [0.4, 0.5) is 5.69 Å². The Morgan fingerprint density at radius 1 is 1.15 bits per heavy atom. The lowest BCUT2D eigenvalue weighted by Gasteiger charge is -2.23. The molecule has 26 heavy (non-hydrogen) atoms. The van der Waals surface area contributed by atoms with E-state index in [-0.39, 0.29) is 17.2 Å². The van der Waals surface area contributed by atoms with Crippen molar-refractivity contribution in [3.8, 4) is 0 Å². The third-order valence-electron chi connectivity index (χ3n) is 3.53. The number of hydrogen-bond acceptors (Lipinski definition) is 5. The number of anilines is 1. The zero-order valence-electron chi connectivity index (χ0n) is 13.2. The van der Waals surface area contributed by atoms with E-state index in [1.54, 1.807) is 12.1 Å². The van der Waals surface area contributed by atoms with Crippen LogP contribution < -0.4 is 15.6 Å². The number of benzene rings is 2. The van der Waals surface area contributed by atoms with Crippen LogP contribution in [0.25, 0.3) is 0 Å². The van der Waals surface area contributed by atoms with Gasteiger partial charge < -0.3 is 5.32 Å². The Morgan fingerprint density at radius 2 is 1.85 bits per heavy atom. The first-order chi connectivity index (χ1) is 12.3. The number of rotatable bonds is 5. The highest BCUT2D eigenvalue weighted by Gasteiger charge is 2.29. The maximum Gasteiger partial charge on any atom is 0.257 e. The average Bonchev–Trinajstić information content (AvgIpc) is 2.61. The van der Waals surface area contributed by atoms with Crippen molar-refractivity contribution in [1.82, 2.24) is 10.3 Å². The van der Waals surface area contributed by atoms with E-state index in [0.29, 0.717) is 10.7 Å². The number of thioether (sulfide) groups is 1. The van der Waals surface area contributed by atoms with Crippen molar-refractivity contribution in [2.45, 2.75) is 21.5 Å². The first-order valence-corrected chi connectivity index (χ1v) is 10.2. The van der Waals surface area contributed by atoms with Gasteiger partial charge in [0, 0.05) is 16.3 Å². The van der Waals surface area contributed by atoms with Gasteiger partial charge in [-0.1, -0.05) is 23.7 Å². The molecule has 10 heteroatoms. The molecule has 1 atom stereocenters. The van der Waals surface area contributed by atoms with Gasteiger partial charge in [0.15, 0.2) is 0 Å². The van der Waals surface area contributed by atoms with Gasteiger partial charge in [0.05, 0.1) is 15.8 Å². The van der Waals surface area contributed by atoms with E-state index in [9.17, 15) is 18.0 Å². The number of hydrogen-bond donors (Lipinski definition) is 3. The molecule has 1 aliphatic rings. The highest BCUT2D eigenvalue weighted by Crippen LogP contribution is 2.36. The zero-order chi connectivity index (χ0) is 18.7. The fourth-order valence-corrected chi connectivity index (χ4v) is 4.34. The van der Waals surface area contributed by atoms with Crippen LogP contribution in [0.1, 0.15) is 6.42 Å². The van der Waals surface area contributed by atoms with Gasteiger partial charge in [0.2, 0.25) is 11.8 Å². The second kappa shape index (κ2) is 7.67. The number of sulfonamides is 1. The summed E-state index contributed by atoms with van der Waals surface area (Å²) in [6.45, 7) is 0. The number of nitrogens with one attached hydrogen (secondary N) is 3. The van der Waals surface area contributed by atoms with Crippen molar-refractivity contribution in [1.29, 1.82) is 0 Å². The van der Waals surface area contributed by atoms with Gasteiger partial charge in [-0.2, -0.15) is 0 Å². The molecule has 0 aliphatic carbocycles. The predicted molar refractivity (Wildman–Crippen MR) is 99.2 cm³/mol. The molecule has 1 aliphatic heterocycles. The van der Waals surface area contributed by atoms with Crippen LogP contribution in [-0.2, 0) is 19.6 Å². The minimum atomic E-state index is -3.92. The largest absolute Gasteiger partial charge is 0.324 e. The SMILES string of the molecule is O=C(C[C@@H]1Sc2ccccc2NC1=O)NNS(=O)(=O)c1ccc(Cl)cc1. The monoisotopic (exact) mass is 411 g/mol. The lowest BCUT2D eigenvalue weighted by atomic mass is 10.2. The van der Waals surface area contributed by atoms with Gasteiger partial charge in [-0.3, -0.25) is 15.0 Å². The molecule has 1 heterocycles. The molecule has 0 radical (unpaired) electrons. The molecule has 136 valence electrons. The van der Waals surface area contributed by atoms with Gasteiger partial charge in [0.1, 0.15) is 0 Å². The van der Waals surface area contributed by atoms with E-state index in [1.807, 2.05) is 17.0 Å². The molecule has 0 saturated heterocycles. The molecule has 0 unspecified atom stereocenters. The molecule has 2 aromatic carbocycles. The molecular weight excluding hydrogens is 398 g/mol. The van der Waals surface area contributed by atoms with E-state index >= 15 is 0 Å². The van der Waals surface area contributed by atoms with Crippen molar-refractivity contribution >= 4 is 50.9 Å². The van der Waals surface area contributed by atoms with Gasteiger partial charge in [-0.15, -0.1) is 16.6 Å². The van der Waals surface area contributed by atoms with E-state index in [1.165, 1.54) is 36.0 Å². The standard InChI is InChI=1S/C16H14ClN3O4S2/c17-10-5-7-11(8-6-10)26(23,24)20-19-15(21)9-14-16(22)18-12-3-1-2-4-13(12)25-14/h1-8,14,20H,9H2,(H,18,22)(H,19,21)/t14-/m0/s1. The number of halogens is 1. The molecule has 2 amide bonds. The third kappa shape index (κ3) is 4.36. The van der Waals surface area contributed by atoms with Crippen molar-refractivity contribution in [3.63, 3.8) is 0 Å². The summed E-state index contributed by atoms with van der Waals surface area (Å²) in [7, 11) is -3.92. The summed E-state index contributed by atoms with van der Waals surface area (Å²) in [5.74, 6) is -0.918. The van der Waals surface area contributed by atoms with Crippen LogP contribution >= 0.6 is 23.4 Å². The molecule has 0 saturated carbocycles. The molecule has 0 spiro atoms. The van der Waals surface area contributed by atoms with Crippen LogP contribution in [-0.4, -0.2) is 25.5 Å². The van der Waals surface area contributed by atoms with Crippen molar-refractivity contribution in [2.75, 3.05) is 5.32 Å². The second-order valence-electron chi connectivity index (χ2n) is 5.40. The number of fused-ring (bicyclic) bond motifs is 1. The Morgan fingerprint density at radius 3 is 2.58 bits per heavy atom. The van der Waals surface area contributed by atoms with E-state index in [4.69, 9.17) is 11.6 Å². The molecule has 3 N–H and O–H groups in total. The first kappa shape index (κ1) is 18.7. The van der Waals surface area contributed by atoms with E-state index in [2.05, 4.69) is 10.7 Å². The quantitative estimate of drug-likeness (QED) is 0.654. The summed E-state index contributed by atoms with van der Waals surface area (Å²) in [5, 5.41) is 2.48. The Labute approximate surface area is 159 Å². The highest BCUT2D eigenvalue weighted by atomic mass is 35.5. The maximum absolute atomic E-state index is 12.1. The molecule has 3 rings (SSSR count). The summed E-state index contributed by atoms with van der Waals surface area (Å²) in [4.78, 5) is 27.0. The molecule has 0 fully saturated rings. The summed E-state index contributed by atoms with van der Waals surface area (Å²) >= 11 is 6.98.